The van der Waals surface area contributed by atoms with Crippen LogP contribution < -0.4 is 0 Å². The molecule has 1 fully saturated rings. The summed E-state index contributed by atoms with van der Waals surface area (Å²) in [6.07, 6.45) is 5.84. The normalized spacial score (nSPS) is 17.2. The number of imidazole rings is 1. The lowest BCUT2D eigenvalue weighted by atomic mass is 9.80. The summed E-state index contributed by atoms with van der Waals surface area (Å²) in [5.41, 5.74) is 3.17. The highest BCUT2D eigenvalue weighted by molar-refractivity contribution is 6.17. The van der Waals surface area contributed by atoms with Gasteiger partial charge in [0.25, 0.3) is 0 Å². The molecule has 0 amide bonds. The van der Waals surface area contributed by atoms with Gasteiger partial charge in [0.15, 0.2) is 0 Å². The Bertz CT molecular complexity index is 804. The van der Waals surface area contributed by atoms with Crippen molar-refractivity contribution < 1.29 is 0 Å². The van der Waals surface area contributed by atoms with Gasteiger partial charge in [-0.25, -0.2) is 4.98 Å². The van der Waals surface area contributed by atoms with E-state index in [2.05, 4.69) is 34.7 Å². The molecule has 1 saturated carbocycles. The number of halogens is 1. The van der Waals surface area contributed by atoms with Crippen LogP contribution in [0.15, 0.2) is 30.5 Å². The van der Waals surface area contributed by atoms with E-state index < -0.39 is 0 Å². The molecule has 1 atom stereocenters. The fourth-order valence-electron chi connectivity index (χ4n) is 3.44. The minimum atomic E-state index is 0.445. The largest absolute Gasteiger partial charge is 0.323 e. The second kappa shape index (κ2) is 4.99. The van der Waals surface area contributed by atoms with Gasteiger partial charge in [-0.15, -0.1) is 11.6 Å². The second-order valence-corrected chi connectivity index (χ2v) is 6.24. The van der Waals surface area contributed by atoms with Crippen molar-refractivity contribution >= 4 is 33.5 Å². The Morgan fingerprint density at radius 1 is 1.29 bits per heavy atom. The predicted molar refractivity (Wildman–Crippen MR) is 86.6 cm³/mol. The first kappa shape index (κ1) is 13.1. The van der Waals surface area contributed by atoms with Crippen LogP contribution >= 0.6 is 11.6 Å². The summed E-state index contributed by atoms with van der Waals surface area (Å²) in [4.78, 5) is 9.23. The molecular formula is C17H18ClN3. The van der Waals surface area contributed by atoms with Gasteiger partial charge in [-0.05, 0) is 31.7 Å². The third kappa shape index (κ3) is 1.95. The van der Waals surface area contributed by atoms with Crippen molar-refractivity contribution in [1.29, 1.82) is 0 Å². The molecule has 2 heterocycles. The van der Waals surface area contributed by atoms with Crippen LogP contribution in [-0.4, -0.2) is 14.5 Å². The maximum atomic E-state index is 6.16. The number of benzene rings is 1. The molecule has 0 spiro atoms. The Balaban J connectivity index is 2.03. The Labute approximate surface area is 129 Å². The van der Waals surface area contributed by atoms with Crippen LogP contribution in [0.5, 0.6) is 0 Å². The molecule has 0 bridgehead atoms. The van der Waals surface area contributed by atoms with E-state index in [4.69, 9.17) is 16.6 Å². The lowest BCUT2D eigenvalue weighted by Crippen LogP contribution is -2.24. The van der Waals surface area contributed by atoms with E-state index in [9.17, 15) is 0 Å². The SMILES string of the molecule is CC(C1CCC1)n1c(CCl)nc2cnc3ccccc3c21. The molecule has 3 nitrogen and oxygen atoms in total. The van der Waals surface area contributed by atoms with Crippen LogP contribution in [0, 0.1) is 5.92 Å². The molecule has 0 N–H and O–H groups in total. The molecule has 4 rings (SSSR count). The third-order valence-electron chi connectivity index (χ3n) is 4.86. The summed E-state index contributed by atoms with van der Waals surface area (Å²) in [5.74, 6) is 2.15. The molecule has 1 aliphatic carbocycles. The van der Waals surface area contributed by atoms with Gasteiger partial charge in [0.2, 0.25) is 0 Å². The lowest BCUT2D eigenvalue weighted by molar-refractivity contribution is 0.223. The van der Waals surface area contributed by atoms with Gasteiger partial charge in [0, 0.05) is 11.4 Å². The molecule has 0 radical (unpaired) electrons. The van der Waals surface area contributed by atoms with Gasteiger partial charge in [0.1, 0.15) is 11.3 Å². The standard InChI is InChI=1S/C17H18ClN3/c1-11(12-5-4-6-12)21-16(9-18)20-15-10-19-14-8-3-2-7-13(14)17(15)21/h2-3,7-8,10-12H,4-6,9H2,1H3. The summed E-state index contributed by atoms with van der Waals surface area (Å²) in [6.45, 7) is 2.30. The smallest absolute Gasteiger partial charge is 0.125 e. The van der Waals surface area contributed by atoms with Crippen LogP contribution in [0.1, 0.15) is 38.1 Å². The summed E-state index contributed by atoms with van der Waals surface area (Å²) < 4.78 is 2.36. The van der Waals surface area contributed by atoms with E-state index in [-0.39, 0.29) is 0 Å². The quantitative estimate of drug-likeness (QED) is 0.657. The van der Waals surface area contributed by atoms with Crippen LogP contribution in [0.3, 0.4) is 0 Å². The fourth-order valence-corrected chi connectivity index (χ4v) is 3.63. The molecule has 3 aromatic rings. The Kier molecular flexibility index (Phi) is 3.11. The van der Waals surface area contributed by atoms with E-state index in [1.54, 1.807) is 0 Å². The Morgan fingerprint density at radius 2 is 2.10 bits per heavy atom. The van der Waals surface area contributed by atoms with Crippen LogP contribution in [0.25, 0.3) is 21.9 Å². The van der Waals surface area contributed by atoms with Crippen molar-refractivity contribution in [2.45, 2.75) is 38.1 Å². The number of nitrogens with zero attached hydrogens (tertiary/aromatic N) is 3. The minimum Gasteiger partial charge on any atom is -0.323 e. The van der Waals surface area contributed by atoms with E-state index >= 15 is 0 Å². The predicted octanol–water partition coefficient (Wildman–Crippen LogP) is 4.68. The van der Waals surface area contributed by atoms with Crippen molar-refractivity contribution in [3.05, 3.63) is 36.3 Å². The van der Waals surface area contributed by atoms with Crippen molar-refractivity contribution in [2.24, 2.45) is 5.92 Å². The molecule has 2 aromatic heterocycles. The third-order valence-corrected chi connectivity index (χ3v) is 5.09. The molecule has 0 aliphatic heterocycles. The number of pyridine rings is 1. The maximum absolute atomic E-state index is 6.16. The van der Waals surface area contributed by atoms with Crippen molar-refractivity contribution in [3.8, 4) is 0 Å². The van der Waals surface area contributed by atoms with Gasteiger partial charge in [-0.1, -0.05) is 24.6 Å². The number of rotatable bonds is 3. The van der Waals surface area contributed by atoms with E-state index in [1.807, 2.05) is 12.3 Å². The summed E-state index contributed by atoms with van der Waals surface area (Å²) >= 11 is 6.16. The molecule has 0 saturated heterocycles. The van der Waals surface area contributed by atoms with Crippen LogP contribution in [0.2, 0.25) is 0 Å². The monoisotopic (exact) mass is 299 g/mol. The van der Waals surface area contributed by atoms with E-state index in [0.717, 1.165) is 22.8 Å². The fraction of sp³-hybridized carbons (Fsp3) is 0.412. The van der Waals surface area contributed by atoms with Gasteiger partial charge >= 0.3 is 0 Å². The lowest BCUT2D eigenvalue weighted by Gasteiger charge is -2.33. The average Bonchev–Trinajstić information content (AvgIpc) is 2.84. The molecule has 1 aliphatic rings. The average molecular weight is 300 g/mol. The van der Waals surface area contributed by atoms with Gasteiger partial charge < -0.3 is 4.57 Å². The summed E-state index contributed by atoms with van der Waals surface area (Å²) in [6, 6.07) is 8.73. The van der Waals surface area contributed by atoms with Crippen molar-refractivity contribution in [3.63, 3.8) is 0 Å². The zero-order chi connectivity index (χ0) is 14.4. The number of fused-ring (bicyclic) bond motifs is 3. The topological polar surface area (TPSA) is 30.7 Å². The molecule has 21 heavy (non-hydrogen) atoms. The molecule has 1 unspecified atom stereocenters. The van der Waals surface area contributed by atoms with Gasteiger partial charge in [-0.2, -0.15) is 0 Å². The van der Waals surface area contributed by atoms with Crippen molar-refractivity contribution in [2.75, 3.05) is 0 Å². The molecular weight excluding hydrogens is 282 g/mol. The highest BCUT2D eigenvalue weighted by Gasteiger charge is 2.28. The Morgan fingerprint density at radius 3 is 2.81 bits per heavy atom. The maximum Gasteiger partial charge on any atom is 0.125 e. The van der Waals surface area contributed by atoms with Crippen molar-refractivity contribution in [1.82, 2.24) is 14.5 Å². The molecule has 108 valence electrons. The first-order valence-electron chi connectivity index (χ1n) is 7.60. The van der Waals surface area contributed by atoms with Gasteiger partial charge in [0.05, 0.1) is 23.1 Å². The number of alkyl halides is 1. The number of hydrogen-bond donors (Lipinski definition) is 0. The van der Waals surface area contributed by atoms with Crippen LogP contribution in [-0.2, 0) is 5.88 Å². The second-order valence-electron chi connectivity index (χ2n) is 5.97. The number of hydrogen-bond acceptors (Lipinski definition) is 2. The molecule has 1 aromatic carbocycles. The van der Waals surface area contributed by atoms with Crippen LogP contribution in [0.4, 0.5) is 0 Å². The summed E-state index contributed by atoms with van der Waals surface area (Å²) in [5, 5.41) is 1.17. The van der Waals surface area contributed by atoms with E-state index in [0.29, 0.717) is 11.9 Å². The number of aromatic nitrogens is 3. The first-order valence-corrected chi connectivity index (χ1v) is 8.13. The minimum absolute atomic E-state index is 0.445. The molecule has 4 heteroatoms. The van der Waals surface area contributed by atoms with E-state index in [1.165, 1.54) is 30.2 Å². The highest BCUT2D eigenvalue weighted by Crippen LogP contribution is 2.39. The summed E-state index contributed by atoms with van der Waals surface area (Å²) in [7, 11) is 0. The first-order chi connectivity index (χ1) is 10.3. The zero-order valence-electron chi connectivity index (χ0n) is 12.1. The highest BCUT2D eigenvalue weighted by atomic mass is 35.5. The Hall–Kier alpha value is -1.61. The number of para-hydroxylation sites is 1. The zero-order valence-corrected chi connectivity index (χ0v) is 12.8. The van der Waals surface area contributed by atoms with Gasteiger partial charge in [-0.3, -0.25) is 4.98 Å².